The first-order valence-electron chi connectivity index (χ1n) is 6.41. The van der Waals surface area contributed by atoms with E-state index < -0.39 is 40.2 Å². The standard InChI is InChI=1S/C14H17F2NO4/c1-3-4-14(2,21)7-17-12(18)8-5-10(15)11(16)6-9(8)13(19)20/h5-6,21H,3-4,7H2,1-2H3,(H,17,18)(H,19,20). The molecule has 1 unspecified atom stereocenters. The van der Waals surface area contributed by atoms with E-state index in [2.05, 4.69) is 5.32 Å². The Bertz CT molecular complexity index is 558. The monoisotopic (exact) mass is 301 g/mol. The van der Waals surface area contributed by atoms with Gasteiger partial charge in [-0.05, 0) is 25.5 Å². The van der Waals surface area contributed by atoms with Gasteiger partial charge in [-0.3, -0.25) is 4.79 Å². The third kappa shape index (κ3) is 4.49. The summed E-state index contributed by atoms with van der Waals surface area (Å²) < 4.78 is 26.2. The molecule has 3 N–H and O–H groups in total. The van der Waals surface area contributed by atoms with E-state index >= 15 is 0 Å². The van der Waals surface area contributed by atoms with Crippen molar-refractivity contribution < 1.29 is 28.6 Å². The van der Waals surface area contributed by atoms with Crippen molar-refractivity contribution in [1.29, 1.82) is 0 Å². The molecule has 7 heteroatoms. The predicted octanol–water partition coefficient (Wildman–Crippen LogP) is 1.94. The number of carboxylic acid groups (broad SMARTS) is 1. The number of carboxylic acids is 1. The third-order valence-corrected chi connectivity index (χ3v) is 2.95. The Morgan fingerprint density at radius 2 is 1.76 bits per heavy atom. The number of aliphatic hydroxyl groups is 1. The minimum Gasteiger partial charge on any atom is -0.478 e. The molecule has 0 fully saturated rings. The first-order valence-corrected chi connectivity index (χ1v) is 6.41. The van der Waals surface area contributed by atoms with Crippen LogP contribution in [0.1, 0.15) is 47.4 Å². The first-order chi connectivity index (χ1) is 9.68. The highest BCUT2D eigenvalue weighted by molar-refractivity contribution is 6.04. The highest BCUT2D eigenvalue weighted by atomic mass is 19.2. The van der Waals surface area contributed by atoms with Gasteiger partial charge in [0.2, 0.25) is 0 Å². The zero-order valence-electron chi connectivity index (χ0n) is 11.7. The van der Waals surface area contributed by atoms with Crippen molar-refractivity contribution in [1.82, 2.24) is 5.32 Å². The lowest BCUT2D eigenvalue weighted by molar-refractivity contribution is 0.0469. The van der Waals surface area contributed by atoms with E-state index in [0.717, 1.165) is 0 Å². The molecular weight excluding hydrogens is 284 g/mol. The SMILES string of the molecule is CCCC(C)(O)CNC(=O)c1cc(F)c(F)cc1C(=O)O. The summed E-state index contributed by atoms with van der Waals surface area (Å²) in [6.45, 7) is 3.24. The van der Waals surface area contributed by atoms with Crippen LogP contribution < -0.4 is 5.32 Å². The van der Waals surface area contributed by atoms with E-state index in [-0.39, 0.29) is 6.54 Å². The molecule has 1 aromatic carbocycles. The van der Waals surface area contributed by atoms with E-state index in [9.17, 15) is 23.5 Å². The van der Waals surface area contributed by atoms with Crippen LogP contribution in [0.5, 0.6) is 0 Å². The lowest BCUT2D eigenvalue weighted by Crippen LogP contribution is -2.40. The molecule has 0 aliphatic rings. The van der Waals surface area contributed by atoms with Gasteiger partial charge in [0.15, 0.2) is 11.6 Å². The largest absolute Gasteiger partial charge is 0.478 e. The number of halogens is 2. The molecule has 0 saturated heterocycles. The van der Waals surface area contributed by atoms with Crippen molar-refractivity contribution in [2.24, 2.45) is 0 Å². The van der Waals surface area contributed by atoms with Crippen molar-refractivity contribution in [3.8, 4) is 0 Å². The average Bonchev–Trinajstić information content (AvgIpc) is 2.38. The minimum atomic E-state index is -1.54. The third-order valence-electron chi connectivity index (χ3n) is 2.95. The molecule has 5 nitrogen and oxygen atoms in total. The Labute approximate surface area is 120 Å². The van der Waals surface area contributed by atoms with Crippen LogP contribution in [-0.2, 0) is 0 Å². The first kappa shape index (κ1) is 17.0. The summed E-state index contributed by atoms with van der Waals surface area (Å²) >= 11 is 0. The Balaban J connectivity index is 2.97. The molecule has 0 saturated carbocycles. The molecule has 0 aromatic heterocycles. The molecule has 0 radical (unpaired) electrons. The van der Waals surface area contributed by atoms with Gasteiger partial charge in [0.1, 0.15) is 0 Å². The number of nitrogens with one attached hydrogen (secondary N) is 1. The maximum atomic E-state index is 13.2. The Kier molecular flexibility index (Phi) is 5.37. The lowest BCUT2D eigenvalue weighted by atomic mass is 10.00. The van der Waals surface area contributed by atoms with Crippen LogP contribution >= 0.6 is 0 Å². The van der Waals surface area contributed by atoms with Gasteiger partial charge in [-0.25, -0.2) is 13.6 Å². The van der Waals surface area contributed by atoms with Gasteiger partial charge in [0, 0.05) is 6.54 Å². The minimum absolute atomic E-state index is 0.127. The summed E-state index contributed by atoms with van der Waals surface area (Å²) in [5, 5.41) is 21.2. The van der Waals surface area contributed by atoms with Crippen molar-refractivity contribution in [3.05, 3.63) is 34.9 Å². The maximum absolute atomic E-state index is 13.2. The Hall–Kier alpha value is -2.02. The van der Waals surface area contributed by atoms with Crippen molar-refractivity contribution >= 4 is 11.9 Å². The fraction of sp³-hybridized carbons (Fsp3) is 0.429. The molecule has 116 valence electrons. The number of aromatic carboxylic acids is 1. The predicted molar refractivity (Wildman–Crippen MR) is 71.2 cm³/mol. The van der Waals surface area contributed by atoms with Crippen LogP contribution in [0.2, 0.25) is 0 Å². The molecule has 0 aliphatic heterocycles. The normalized spacial score (nSPS) is 13.6. The van der Waals surface area contributed by atoms with E-state index in [4.69, 9.17) is 5.11 Å². The number of benzene rings is 1. The summed E-state index contributed by atoms with van der Waals surface area (Å²) in [5.74, 6) is -5.09. The lowest BCUT2D eigenvalue weighted by Gasteiger charge is -2.23. The van der Waals surface area contributed by atoms with Crippen LogP contribution in [0.3, 0.4) is 0 Å². The maximum Gasteiger partial charge on any atom is 0.336 e. The van der Waals surface area contributed by atoms with Gasteiger partial charge in [-0.15, -0.1) is 0 Å². The zero-order valence-corrected chi connectivity index (χ0v) is 11.7. The molecule has 1 amide bonds. The van der Waals surface area contributed by atoms with Gasteiger partial charge in [-0.1, -0.05) is 13.3 Å². The fourth-order valence-corrected chi connectivity index (χ4v) is 1.90. The molecule has 1 aromatic rings. The van der Waals surface area contributed by atoms with Crippen LogP contribution in [0.15, 0.2) is 12.1 Å². The van der Waals surface area contributed by atoms with Crippen molar-refractivity contribution in [2.75, 3.05) is 6.54 Å². The average molecular weight is 301 g/mol. The Morgan fingerprint density at radius 1 is 1.24 bits per heavy atom. The van der Waals surface area contributed by atoms with E-state index in [1.54, 1.807) is 0 Å². The van der Waals surface area contributed by atoms with E-state index in [1.807, 2.05) is 6.92 Å². The smallest absolute Gasteiger partial charge is 0.336 e. The van der Waals surface area contributed by atoms with Crippen LogP contribution in [0.4, 0.5) is 8.78 Å². The number of carbonyl (C=O) groups excluding carboxylic acids is 1. The summed E-state index contributed by atoms with van der Waals surface area (Å²) in [6, 6.07) is 0.986. The molecule has 0 heterocycles. The van der Waals surface area contributed by atoms with Crippen LogP contribution in [0.25, 0.3) is 0 Å². The number of hydrogen-bond acceptors (Lipinski definition) is 3. The molecule has 1 atom stereocenters. The highest BCUT2D eigenvalue weighted by Gasteiger charge is 2.24. The molecular formula is C14H17F2NO4. The highest BCUT2D eigenvalue weighted by Crippen LogP contribution is 2.16. The fourth-order valence-electron chi connectivity index (χ4n) is 1.90. The molecule has 0 bridgehead atoms. The van der Waals surface area contributed by atoms with Crippen LogP contribution in [-0.4, -0.2) is 34.2 Å². The van der Waals surface area contributed by atoms with E-state index in [1.165, 1.54) is 6.92 Å². The second-order valence-electron chi connectivity index (χ2n) is 5.05. The topological polar surface area (TPSA) is 86.6 Å². The van der Waals surface area contributed by atoms with Gasteiger partial charge in [0.25, 0.3) is 5.91 Å². The number of rotatable bonds is 6. The molecule has 0 spiro atoms. The summed E-state index contributed by atoms with van der Waals surface area (Å²) in [5.41, 5.74) is -2.29. The second kappa shape index (κ2) is 6.62. The van der Waals surface area contributed by atoms with Gasteiger partial charge < -0.3 is 15.5 Å². The number of hydrogen-bond donors (Lipinski definition) is 3. The molecule has 1 rings (SSSR count). The molecule has 21 heavy (non-hydrogen) atoms. The molecule has 0 aliphatic carbocycles. The summed E-state index contributed by atoms with van der Waals surface area (Å²) in [6.07, 6.45) is 1.12. The zero-order chi connectivity index (χ0) is 16.2. The number of amides is 1. The summed E-state index contributed by atoms with van der Waals surface area (Å²) in [4.78, 5) is 22.9. The van der Waals surface area contributed by atoms with E-state index in [0.29, 0.717) is 25.0 Å². The van der Waals surface area contributed by atoms with Gasteiger partial charge in [-0.2, -0.15) is 0 Å². The van der Waals surface area contributed by atoms with Crippen molar-refractivity contribution in [3.63, 3.8) is 0 Å². The Morgan fingerprint density at radius 3 is 2.24 bits per heavy atom. The quantitative estimate of drug-likeness (QED) is 0.749. The number of carbonyl (C=O) groups is 2. The van der Waals surface area contributed by atoms with Crippen molar-refractivity contribution in [2.45, 2.75) is 32.3 Å². The second-order valence-corrected chi connectivity index (χ2v) is 5.05. The summed E-state index contributed by atoms with van der Waals surface area (Å²) in [7, 11) is 0. The van der Waals surface area contributed by atoms with Crippen LogP contribution in [0, 0.1) is 11.6 Å². The van der Waals surface area contributed by atoms with Gasteiger partial charge in [0.05, 0.1) is 16.7 Å². The van der Waals surface area contributed by atoms with Gasteiger partial charge >= 0.3 is 5.97 Å².